The third-order valence-corrected chi connectivity index (χ3v) is 4.07. The summed E-state index contributed by atoms with van der Waals surface area (Å²) < 4.78 is 5.25. The van der Waals surface area contributed by atoms with Crippen molar-refractivity contribution in [1.29, 1.82) is 0 Å². The molecule has 1 N–H and O–H groups in total. The van der Waals surface area contributed by atoms with E-state index in [2.05, 4.69) is 19.9 Å². The van der Waals surface area contributed by atoms with E-state index in [1.54, 1.807) is 43.9 Å². The summed E-state index contributed by atoms with van der Waals surface area (Å²) in [6.45, 7) is 1.73. The molecule has 0 aliphatic heterocycles. The van der Waals surface area contributed by atoms with Crippen molar-refractivity contribution in [3.8, 4) is 17.0 Å². The number of ketones is 1. The van der Waals surface area contributed by atoms with Crippen LogP contribution in [-0.2, 0) is 13.0 Å². The molecule has 0 aromatic carbocycles. The maximum absolute atomic E-state index is 12.7. The number of Topliss-reactive ketones (excluding diaryl/α,β-unsaturated/α-hetero) is 1. The van der Waals surface area contributed by atoms with E-state index < -0.39 is 0 Å². The van der Waals surface area contributed by atoms with Crippen LogP contribution >= 0.6 is 0 Å². The number of aliphatic hydroxyl groups is 1. The molecular weight excluding hydrogens is 332 g/mol. The van der Waals surface area contributed by atoms with Gasteiger partial charge in [0.15, 0.2) is 5.78 Å². The fourth-order valence-corrected chi connectivity index (χ4v) is 2.59. The molecule has 0 unspecified atom stereocenters. The van der Waals surface area contributed by atoms with Gasteiger partial charge in [0.2, 0.25) is 0 Å². The highest BCUT2D eigenvalue weighted by Gasteiger charge is 2.14. The second-order valence-corrected chi connectivity index (χ2v) is 5.71. The SMILES string of the molecule is COc1cncc(CC(=O)c2cc(-c3ccnc(CO)c3)ncn2)c1C. The number of nitrogens with zero attached hydrogens (tertiary/aromatic N) is 4. The van der Waals surface area contributed by atoms with Gasteiger partial charge in [-0.15, -0.1) is 0 Å². The van der Waals surface area contributed by atoms with Gasteiger partial charge in [-0.25, -0.2) is 9.97 Å². The minimum absolute atomic E-state index is 0.136. The van der Waals surface area contributed by atoms with Gasteiger partial charge in [0.05, 0.1) is 31.3 Å². The van der Waals surface area contributed by atoms with Crippen molar-refractivity contribution in [1.82, 2.24) is 19.9 Å². The molecule has 0 aliphatic carbocycles. The van der Waals surface area contributed by atoms with Crippen LogP contribution in [0.2, 0.25) is 0 Å². The van der Waals surface area contributed by atoms with E-state index >= 15 is 0 Å². The van der Waals surface area contributed by atoms with Gasteiger partial charge in [0, 0.05) is 24.4 Å². The zero-order valence-electron chi connectivity index (χ0n) is 14.5. The van der Waals surface area contributed by atoms with E-state index in [0.717, 1.165) is 16.7 Å². The summed E-state index contributed by atoms with van der Waals surface area (Å²) in [4.78, 5) is 29.1. The molecule has 26 heavy (non-hydrogen) atoms. The Morgan fingerprint density at radius 2 is 2.04 bits per heavy atom. The van der Waals surface area contributed by atoms with E-state index in [4.69, 9.17) is 4.74 Å². The molecule has 3 rings (SSSR count). The second-order valence-electron chi connectivity index (χ2n) is 5.71. The number of pyridine rings is 2. The number of carbonyl (C=O) groups is 1. The molecule has 0 aliphatic rings. The summed E-state index contributed by atoms with van der Waals surface area (Å²) in [5.74, 6) is 0.509. The van der Waals surface area contributed by atoms with Gasteiger partial charge in [-0.05, 0) is 36.2 Å². The topological polar surface area (TPSA) is 98.1 Å². The first kappa shape index (κ1) is 17.6. The first-order valence-corrected chi connectivity index (χ1v) is 8.01. The van der Waals surface area contributed by atoms with Crippen LogP contribution in [0.4, 0.5) is 0 Å². The first-order chi connectivity index (χ1) is 12.6. The maximum Gasteiger partial charge on any atom is 0.185 e. The maximum atomic E-state index is 12.7. The van der Waals surface area contributed by atoms with Crippen LogP contribution in [0.3, 0.4) is 0 Å². The number of carbonyl (C=O) groups excluding carboxylic acids is 1. The fraction of sp³-hybridized carbons (Fsp3) is 0.211. The number of ether oxygens (including phenoxy) is 1. The summed E-state index contributed by atoms with van der Waals surface area (Å²) in [5.41, 5.74) is 3.89. The first-order valence-electron chi connectivity index (χ1n) is 8.01. The smallest absolute Gasteiger partial charge is 0.185 e. The molecular formula is C19H18N4O3. The highest BCUT2D eigenvalue weighted by atomic mass is 16.5. The molecule has 3 aromatic rings. The number of aliphatic hydroxyl groups excluding tert-OH is 1. The van der Waals surface area contributed by atoms with Gasteiger partial charge in [-0.1, -0.05) is 0 Å². The average molecular weight is 350 g/mol. The Morgan fingerprint density at radius 3 is 2.81 bits per heavy atom. The Kier molecular flexibility index (Phi) is 5.28. The minimum atomic E-state index is -0.160. The lowest BCUT2D eigenvalue weighted by molar-refractivity contribution is 0.0987. The predicted molar refractivity (Wildman–Crippen MR) is 94.7 cm³/mol. The zero-order chi connectivity index (χ0) is 18.5. The van der Waals surface area contributed by atoms with Crippen LogP contribution in [-0.4, -0.2) is 37.9 Å². The Morgan fingerprint density at radius 1 is 1.19 bits per heavy atom. The Hall–Kier alpha value is -3.19. The van der Waals surface area contributed by atoms with Crippen LogP contribution in [0.5, 0.6) is 5.75 Å². The molecule has 7 heteroatoms. The molecule has 3 heterocycles. The van der Waals surface area contributed by atoms with Crippen molar-refractivity contribution in [3.05, 3.63) is 65.6 Å². The molecule has 3 aromatic heterocycles. The summed E-state index contributed by atoms with van der Waals surface area (Å²) in [5, 5.41) is 9.22. The molecule has 0 atom stereocenters. The quantitative estimate of drug-likeness (QED) is 0.680. The third kappa shape index (κ3) is 3.73. The van der Waals surface area contributed by atoms with Crippen LogP contribution in [0.25, 0.3) is 11.3 Å². The Labute approximate surface area is 150 Å². The van der Waals surface area contributed by atoms with Crippen LogP contribution < -0.4 is 4.74 Å². The fourth-order valence-electron chi connectivity index (χ4n) is 2.59. The summed E-state index contributed by atoms with van der Waals surface area (Å²) in [6, 6.07) is 5.14. The number of methoxy groups -OCH3 is 1. The molecule has 0 saturated heterocycles. The monoisotopic (exact) mass is 350 g/mol. The molecule has 0 saturated carbocycles. The molecule has 0 spiro atoms. The number of hydrogen-bond donors (Lipinski definition) is 1. The standard InChI is InChI=1S/C19H18N4O3/c1-12-14(8-20-9-19(12)26-2)6-18(25)17-7-16(22-11-23-17)13-3-4-21-15(5-13)10-24/h3-5,7-9,11,24H,6,10H2,1-2H3. The van der Waals surface area contributed by atoms with Gasteiger partial charge in [-0.2, -0.15) is 0 Å². The highest BCUT2D eigenvalue weighted by molar-refractivity contribution is 5.96. The van der Waals surface area contributed by atoms with Crippen molar-refractivity contribution in [2.75, 3.05) is 7.11 Å². The molecule has 0 radical (unpaired) electrons. The van der Waals surface area contributed by atoms with Gasteiger partial charge >= 0.3 is 0 Å². The molecule has 0 fully saturated rings. The minimum Gasteiger partial charge on any atom is -0.495 e. The van der Waals surface area contributed by atoms with Crippen LogP contribution in [0.15, 0.2) is 43.1 Å². The number of rotatable bonds is 6. The van der Waals surface area contributed by atoms with E-state index in [1.165, 1.54) is 6.33 Å². The lowest BCUT2D eigenvalue weighted by atomic mass is 10.0. The summed E-state index contributed by atoms with van der Waals surface area (Å²) in [6.07, 6.45) is 6.40. The molecule has 0 amide bonds. The highest BCUT2D eigenvalue weighted by Crippen LogP contribution is 2.22. The van der Waals surface area contributed by atoms with Gasteiger partial charge in [0.25, 0.3) is 0 Å². The predicted octanol–water partition coefficient (Wildman–Crippen LogP) is 2.17. The Balaban J connectivity index is 1.87. The number of hydrogen-bond acceptors (Lipinski definition) is 7. The van der Waals surface area contributed by atoms with E-state index in [9.17, 15) is 9.90 Å². The van der Waals surface area contributed by atoms with Crippen molar-refractivity contribution < 1.29 is 14.6 Å². The van der Waals surface area contributed by atoms with Crippen LogP contribution in [0.1, 0.15) is 27.3 Å². The zero-order valence-corrected chi connectivity index (χ0v) is 14.5. The summed E-state index contributed by atoms with van der Waals surface area (Å²) in [7, 11) is 1.57. The van der Waals surface area contributed by atoms with Crippen molar-refractivity contribution in [2.24, 2.45) is 0 Å². The largest absolute Gasteiger partial charge is 0.495 e. The molecule has 7 nitrogen and oxygen atoms in total. The normalized spacial score (nSPS) is 10.6. The number of aromatic nitrogens is 4. The van der Waals surface area contributed by atoms with Crippen molar-refractivity contribution in [3.63, 3.8) is 0 Å². The third-order valence-electron chi connectivity index (χ3n) is 4.07. The van der Waals surface area contributed by atoms with Gasteiger partial charge < -0.3 is 9.84 Å². The van der Waals surface area contributed by atoms with Gasteiger partial charge in [0.1, 0.15) is 17.8 Å². The lowest BCUT2D eigenvalue weighted by Gasteiger charge is -2.09. The summed E-state index contributed by atoms with van der Waals surface area (Å²) >= 11 is 0. The van der Waals surface area contributed by atoms with E-state index in [1.807, 2.05) is 6.92 Å². The van der Waals surface area contributed by atoms with Crippen molar-refractivity contribution in [2.45, 2.75) is 20.0 Å². The van der Waals surface area contributed by atoms with Crippen LogP contribution in [0, 0.1) is 6.92 Å². The van der Waals surface area contributed by atoms with Crippen molar-refractivity contribution >= 4 is 5.78 Å². The van der Waals surface area contributed by atoms with E-state index in [-0.39, 0.29) is 18.8 Å². The van der Waals surface area contributed by atoms with E-state index in [0.29, 0.717) is 22.8 Å². The average Bonchev–Trinajstić information content (AvgIpc) is 2.69. The molecule has 132 valence electrons. The second kappa shape index (κ2) is 7.79. The lowest BCUT2D eigenvalue weighted by Crippen LogP contribution is -2.09. The molecule has 0 bridgehead atoms. The van der Waals surface area contributed by atoms with Gasteiger partial charge in [-0.3, -0.25) is 14.8 Å². The Bertz CT molecular complexity index is 944.